The van der Waals surface area contributed by atoms with Crippen LogP contribution in [0.15, 0.2) is 42.5 Å². The Kier molecular flexibility index (Phi) is 6.22. The summed E-state index contributed by atoms with van der Waals surface area (Å²) >= 11 is 0. The minimum Gasteiger partial charge on any atom is -0.496 e. The van der Waals surface area contributed by atoms with E-state index in [9.17, 15) is 4.79 Å². The highest BCUT2D eigenvalue weighted by atomic mass is 16.5. The van der Waals surface area contributed by atoms with Crippen LogP contribution in [0.4, 0.5) is 10.5 Å². The van der Waals surface area contributed by atoms with E-state index in [1.807, 2.05) is 29.2 Å². The lowest BCUT2D eigenvalue weighted by Gasteiger charge is -2.37. The number of urea groups is 1. The van der Waals surface area contributed by atoms with E-state index in [-0.39, 0.29) is 6.03 Å². The van der Waals surface area contributed by atoms with Crippen molar-refractivity contribution in [3.8, 4) is 5.75 Å². The molecule has 1 aliphatic heterocycles. The molecule has 2 aromatic carbocycles. The van der Waals surface area contributed by atoms with E-state index in [0.29, 0.717) is 6.54 Å². The molecule has 1 heterocycles. The van der Waals surface area contributed by atoms with Gasteiger partial charge in [0.25, 0.3) is 0 Å². The topological polar surface area (TPSA) is 44.8 Å². The van der Waals surface area contributed by atoms with Crippen molar-refractivity contribution in [1.29, 1.82) is 0 Å². The summed E-state index contributed by atoms with van der Waals surface area (Å²) in [6.45, 7) is 8.13. The van der Waals surface area contributed by atoms with Crippen molar-refractivity contribution in [1.82, 2.24) is 10.2 Å². The van der Waals surface area contributed by atoms with Gasteiger partial charge in [-0.2, -0.15) is 0 Å². The normalized spacial score (nSPS) is 14.2. The molecule has 0 bridgehead atoms. The first-order chi connectivity index (χ1) is 13.1. The SMILES string of the molecule is COc1ccccc1CCNC(=O)N1CCN(c2c(C)cccc2C)CC1. The van der Waals surface area contributed by atoms with E-state index < -0.39 is 0 Å². The highest BCUT2D eigenvalue weighted by Gasteiger charge is 2.22. The third kappa shape index (κ3) is 4.54. The number of anilines is 1. The largest absolute Gasteiger partial charge is 0.496 e. The molecule has 0 atom stereocenters. The number of ether oxygens (including phenoxy) is 1. The van der Waals surface area contributed by atoms with Gasteiger partial charge in [-0.15, -0.1) is 0 Å². The number of benzene rings is 2. The first-order valence-electron chi connectivity index (χ1n) is 9.56. The van der Waals surface area contributed by atoms with Crippen molar-refractivity contribution in [2.24, 2.45) is 0 Å². The lowest BCUT2D eigenvalue weighted by molar-refractivity contribution is 0.194. The van der Waals surface area contributed by atoms with E-state index >= 15 is 0 Å². The van der Waals surface area contributed by atoms with Crippen LogP contribution in [-0.2, 0) is 6.42 Å². The monoisotopic (exact) mass is 367 g/mol. The summed E-state index contributed by atoms with van der Waals surface area (Å²) in [5.41, 5.74) is 5.02. The number of amides is 2. The Labute approximate surface area is 161 Å². The van der Waals surface area contributed by atoms with Gasteiger partial charge in [0.05, 0.1) is 7.11 Å². The Morgan fingerprint density at radius 2 is 1.67 bits per heavy atom. The van der Waals surface area contributed by atoms with Gasteiger partial charge in [0, 0.05) is 38.4 Å². The van der Waals surface area contributed by atoms with Gasteiger partial charge in [-0.3, -0.25) is 0 Å². The second kappa shape index (κ2) is 8.80. The molecule has 0 spiro atoms. The van der Waals surface area contributed by atoms with Gasteiger partial charge in [-0.1, -0.05) is 36.4 Å². The molecular weight excluding hydrogens is 338 g/mol. The highest BCUT2D eigenvalue weighted by molar-refractivity contribution is 5.74. The van der Waals surface area contributed by atoms with Gasteiger partial charge >= 0.3 is 6.03 Å². The number of nitrogens with zero attached hydrogens (tertiary/aromatic N) is 2. The van der Waals surface area contributed by atoms with Crippen LogP contribution in [-0.4, -0.2) is 50.8 Å². The number of aryl methyl sites for hydroxylation is 2. The molecule has 0 radical (unpaired) electrons. The van der Waals surface area contributed by atoms with Crippen LogP contribution in [0.3, 0.4) is 0 Å². The number of piperazine rings is 1. The smallest absolute Gasteiger partial charge is 0.317 e. The lowest BCUT2D eigenvalue weighted by atomic mass is 10.1. The van der Waals surface area contributed by atoms with Gasteiger partial charge in [0.1, 0.15) is 5.75 Å². The van der Waals surface area contributed by atoms with Crippen molar-refractivity contribution in [3.05, 3.63) is 59.2 Å². The molecule has 0 aromatic heterocycles. The summed E-state index contributed by atoms with van der Waals surface area (Å²) in [6, 6.07) is 14.4. The van der Waals surface area contributed by atoms with E-state index in [2.05, 4.69) is 42.3 Å². The molecule has 1 N–H and O–H groups in total. The van der Waals surface area contributed by atoms with Crippen molar-refractivity contribution in [2.45, 2.75) is 20.3 Å². The third-order valence-corrected chi connectivity index (χ3v) is 5.19. The second-order valence-corrected chi connectivity index (χ2v) is 7.01. The summed E-state index contributed by atoms with van der Waals surface area (Å²) in [7, 11) is 1.67. The molecule has 0 unspecified atom stereocenters. The van der Waals surface area contributed by atoms with Crippen molar-refractivity contribution in [2.75, 3.05) is 44.7 Å². The highest BCUT2D eigenvalue weighted by Crippen LogP contribution is 2.25. The van der Waals surface area contributed by atoms with E-state index in [1.54, 1.807) is 7.11 Å². The summed E-state index contributed by atoms with van der Waals surface area (Å²) in [6.07, 6.45) is 0.762. The van der Waals surface area contributed by atoms with Crippen LogP contribution in [0.2, 0.25) is 0 Å². The number of carbonyl (C=O) groups excluding carboxylic acids is 1. The van der Waals surface area contributed by atoms with Crippen LogP contribution in [0.25, 0.3) is 0 Å². The van der Waals surface area contributed by atoms with Gasteiger partial charge in [0.2, 0.25) is 0 Å². The fourth-order valence-electron chi connectivity index (χ4n) is 3.76. The number of nitrogens with one attached hydrogen (secondary N) is 1. The molecule has 1 fully saturated rings. The van der Waals surface area contributed by atoms with Gasteiger partial charge < -0.3 is 19.9 Å². The standard InChI is InChI=1S/C22H29N3O2/c1-17-7-6-8-18(2)21(17)24-13-15-25(16-14-24)22(26)23-12-11-19-9-4-5-10-20(19)27-3/h4-10H,11-16H2,1-3H3,(H,23,26). The first kappa shape index (κ1) is 19.1. The molecule has 3 rings (SSSR count). The molecule has 144 valence electrons. The summed E-state index contributed by atoms with van der Waals surface area (Å²) in [5.74, 6) is 0.869. The second-order valence-electron chi connectivity index (χ2n) is 7.01. The number of methoxy groups -OCH3 is 1. The molecular formula is C22H29N3O2. The van der Waals surface area contributed by atoms with E-state index in [0.717, 1.165) is 43.9 Å². The maximum Gasteiger partial charge on any atom is 0.317 e. The quantitative estimate of drug-likeness (QED) is 0.881. The zero-order chi connectivity index (χ0) is 19.2. The minimum absolute atomic E-state index is 0.0195. The molecule has 1 saturated heterocycles. The Balaban J connectivity index is 1.49. The Morgan fingerprint density at radius 3 is 2.33 bits per heavy atom. The van der Waals surface area contributed by atoms with Crippen LogP contribution < -0.4 is 15.0 Å². The lowest BCUT2D eigenvalue weighted by Crippen LogP contribution is -2.52. The molecule has 27 heavy (non-hydrogen) atoms. The van der Waals surface area contributed by atoms with Gasteiger partial charge in [-0.05, 0) is 43.0 Å². The van der Waals surface area contributed by atoms with Crippen molar-refractivity contribution < 1.29 is 9.53 Å². The number of para-hydroxylation sites is 2. The summed E-state index contributed by atoms with van der Waals surface area (Å²) < 4.78 is 5.36. The molecule has 1 aliphatic rings. The van der Waals surface area contributed by atoms with Crippen LogP contribution in [0.1, 0.15) is 16.7 Å². The van der Waals surface area contributed by atoms with E-state index in [4.69, 9.17) is 4.74 Å². The molecule has 0 aliphatic carbocycles. The number of carbonyl (C=O) groups is 1. The third-order valence-electron chi connectivity index (χ3n) is 5.19. The number of hydrogen-bond donors (Lipinski definition) is 1. The Hall–Kier alpha value is -2.69. The van der Waals surface area contributed by atoms with Crippen molar-refractivity contribution in [3.63, 3.8) is 0 Å². The fourth-order valence-corrected chi connectivity index (χ4v) is 3.76. The minimum atomic E-state index is 0.0195. The predicted octanol–water partition coefficient (Wildman–Crippen LogP) is 3.39. The zero-order valence-electron chi connectivity index (χ0n) is 16.5. The first-order valence-corrected chi connectivity index (χ1v) is 9.56. The fraction of sp³-hybridized carbons (Fsp3) is 0.409. The maximum absolute atomic E-state index is 12.5. The van der Waals surface area contributed by atoms with Crippen molar-refractivity contribution >= 4 is 11.7 Å². The van der Waals surface area contributed by atoms with Crippen LogP contribution in [0.5, 0.6) is 5.75 Å². The number of rotatable bonds is 5. The Morgan fingerprint density at radius 1 is 1.00 bits per heavy atom. The average Bonchev–Trinajstić information content (AvgIpc) is 2.68. The molecule has 2 aromatic rings. The van der Waals surface area contributed by atoms with Gasteiger partial charge in [-0.25, -0.2) is 4.79 Å². The molecule has 5 nitrogen and oxygen atoms in total. The summed E-state index contributed by atoms with van der Waals surface area (Å²) in [4.78, 5) is 16.8. The average molecular weight is 367 g/mol. The Bertz CT molecular complexity index is 763. The van der Waals surface area contributed by atoms with Crippen LogP contribution >= 0.6 is 0 Å². The van der Waals surface area contributed by atoms with E-state index in [1.165, 1.54) is 16.8 Å². The zero-order valence-corrected chi connectivity index (χ0v) is 16.5. The predicted molar refractivity (Wildman–Crippen MR) is 110 cm³/mol. The molecule has 5 heteroatoms. The van der Waals surface area contributed by atoms with Gasteiger partial charge in [0.15, 0.2) is 0 Å². The molecule has 0 saturated carbocycles. The molecule has 2 amide bonds. The summed E-state index contributed by atoms with van der Waals surface area (Å²) in [5, 5.41) is 3.04. The van der Waals surface area contributed by atoms with Crippen LogP contribution in [0, 0.1) is 13.8 Å². The number of hydrogen-bond acceptors (Lipinski definition) is 3. The maximum atomic E-state index is 12.5.